The first-order valence-corrected chi connectivity index (χ1v) is 18.8. The first-order valence-electron chi connectivity index (χ1n) is 18.8. The third-order valence-electron chi connectivity index (χ3n) is 11.4. The Balaban J connectivity index is 1.13. The minimum Gasteiger partial charge on any atom is -0.310 e. The maximum atomic E-state index is 9.97. The summed E-state index contributed by atoms with van der Waals surface area (Å²) in [5, 5.41) is 12.3. The van der Waals surface area contributed by atoms with Crippen LogP contribution >= 0.6 is 0 Å². The topological polar surface area (TPSA) is 32.0 Å². The van der Waals surface area contributed by atoms with Crippen LogP contribution < -0.4 is 4.90 Å². The molecule has 1 aromatic heterocycles. The monoisotopic (exact) mass is 703 g/mol. The van der Waals surface area contributed by atoms with Gasteiger partial charge in [0.1, 0.15) is 0 Å². The van der Waals surface area contributed by atoms with E-state index in [0.717, 1.165) is 50.3 Å². The lowest BCUT2D eigenvalue weighted by atomic mass is 9.82. The van der Waals surface area contributed by atoms with Crippen LogP contribution in [-0.4, -0.2) is 4.57 Å². The Morgan fingerprint density at radius 2 is 1.11 bits per heavy atom. The van der Waals surface area contributed by atoms with E-state index in [9.17, 15) is 5.26 Å². The van der Waals surface area contributed by atoms with Crippen LogP contribution in [0, 0.1) is 11.3 Å². The molecule has 8 aromatic carbocycles. The first kappa shape index (κ1) is 32.5. The van der Waals surface area contributed by atoms with Gasteiger partial charge in [0.2, 0.25) is 0 Å². The highest BCUT2D eigenvalue weighted by atomic mass is 15.1. The van der Waals surface area contributed by atoms with Gasteiger partial charge in [-0.3, -0.25) is 0 Å². The zero-order valence-corrected chi connectivity index (χ0v) is 30.7. The Labute approximate surface area is 321 Å². The molecule has 0 fully saturated rings. The Bertz CT molecular complexity index is 2940. The number of fused-ring (bicyclic) bond motifs is 6. The predicted molar refractivity (Wildman–Crippen MR) is 229 cm³/mol. The molecule has 55 heavy (non-hydrogen) atoms. The van der Waals surface area contributed by atoms with Gasteiger partial charge in [-0.05, 0) is 105 Å². The van der Waals surface area contributed by atoms with Crippen molar-refractivity contribution in [3.05, 3.63) is 205 Å². The van der Waals surface area contributed by atoms with Crippen molar-refractivity contribution in [2.45, 2.75) is 19.3 Å². The molecule has 0 aliphatic heterocycles. The van der Waals surface area contributed by atoms with Gasteiger partial charge in [-0.25, -0.2) is 0 Å². The van der Waals surface area contributed by atoms with E-state index in [2.05, 4.69) is 193 Å². The van der Waals surface area contributed by atoms with Gasteiger partial charge in [0, 0.05) is 33.2 Å². The molecular formula is C52H37N3. The molecule has 0 saturated carbocycles. The third kappa shape index (κ3) is 5.26. The lowest BCUT2D eigenvalue weighted by molar-refractivity contribution is 0.660. The molecule has 0 spiro atoms. The molecule has 260 valence electrons. The number of rotatable bonds is 6. The highest BCUT2D eigenvalue weighted by molar-refractivity contribution is 6.16. The fourth-order valence-corrected chi connectivity index (χ4v) is 8.73. The van der Waals surface area contributed by atoms with Gasteiger partial charge in [-0.2, -0.15) is 5.26 Å². The molecule has 0 atom stereocenters. The van der Waals surface area contributed by atoms with Crippen molar-refractivity contribution in [1.29, 1.82) is 5.26 Å². The van der Waals surface area contributed by atoms with Crippen LogP contribution in [0.3, 0.4) is 0 Å². The number of hydrogen-bond donors (Lipinski definition) is 0. The summed E-state index contributed by atoms with van der Waals surface area (Å²) < 4.78 is 2.42. The molecule has 0 bridgehead atoms. The second-order valence-corrected chi connectivity index (χ2v) is 14.9. The van der Waals surface area contributed by atoms with E-state index >= 15 is 0 Å². The van der Waals surface area contributed by atoms with Crippen LogP contribution in [0.4, 0.5) is 17.1 Å². The maximum absolute atomic E-state index is 9.97. The van der Waals surface area contributed by atoms with Gasteiger partial charge in [0.25, 0.3) is 0 Å². The number of hydrogen-bond acceptors (Lipinski definition) is 2. The van der Waals surface area contributed by atoms with Crippen LogP contribution in [0.1, 0.15) is 30.5 Å². The fraction of sp³-hybridized carbons (Fsp3) is 0.0577. The summed E-state index contributed by atoms with van der Waals surface area (Å²) in [6.07, 6.45) is 0. The van der Waals surface area contributed by atoms with Gasteiger partial charge in [-0.15, -0.1) is 0 Å². The number of anilines is 3. The van der Waals surface area contributed by atoms with Crippen molar-refractivity contribution in [2.75, 3.05) is 4.90 Å². The van der Waals surface area contributed by atoms with E-state index in [-0.39, 0.29) is 5.41 Å². The normalized spacial score (nSPS) is 12.7. The summed E-state index contributed by atoms with van der Waals surface area (Å²) in [6.45, 7) is 4.67. The van der Waals surface area contributed by atoms with Crippen LogP contribution in [0.15, 0.2) is 188 Å². The molecule has 0 saturated heterocycles. The Hall–Kier alpha value is -7.15. The van der Waals surface area contributed by atoms with E-state index in [1.807, 2.05) is 24.3 Å². The molecule has 1 heterocycles. The predicted octanol–water partition coefficient (Wildman–Crippen LogP) is 13.8. The van der Waals surface area contributed by atoms with Gasteiger partial charge in [0.15, 0.2) is 0 Å². The van der Waals surface area contributed by atoms with Gasteiger partial charge in [0.05, 0.1) is 28.4 Å². The summed E-state index contributed by atoms with van der Waals surface area (Å²) in [6, 6.07) is 69.4. The quantitative estimate of drug-likeness (QED) is 0.173. The summed E-state index contributed by atoms with van der Waals surface area (Å²) in [5.41, 5.74) is 17.0. The Morgan fingerprint density at radius 3 is 1.87 bits per heavy atom. The molecule has 1 aliphatic carbocycles. The summed E-state index contributed by atoms with van der Waals surface area (Å²) in [4.78, 5) is 2.30. The SMILES string of the molecule is CC1(C)c2ccccc2-c2ccc(-n3c4ccccc4c4c(N(c5ccc(-c6ccc(-c7ccccc7)cc6)cc5)c5cccc(C#N)c5)cccc43)cc21. The van der Waals surface area contributed by atoms with Crippen LogP contribution in [0.2, 0.25) is 0 Å². The second-order valence-electron chi connectivity index (χ2n) is 14.9. The Kier molecular flexibility index (Phi) is 7.54. The fourth-order valence-electron chi connectivity index (χ4n) is 8.73. The van der Waals surface area contributed by atoms with Crippen molar-refractivity contribution < 1.29 is 0 Å². The van der Waals surface area contributed by atoms with Crippen LogP contribution in [0.5, 0.6) is 0 Å². The zero-order valence-electron chi connectivity index (χ0n) is 30.7. The Morgan fingerprint density at radius 1 is 0.491 bits per heavy atom. The van der Waals surface area contributed by atoms with E-state index < -0.39 is 0 Å². The van der Waals surface area contributed by atoms with Crippen molar-refractivity contribution in [2.24, 2.45) is 0 Å². The lowest BCUT2D eigenvalue weighted by Gasteiger charge is -2.27. The minimum absolute atomic E-state index is 0.107. The average Bonchev–Trinajstić information content (AvgIpc) is 3.70. The van der Waals surface area contributed by atoms with Crippen molar-refractivity contribution in [3.63, 3.8) is 0 Å². The maximum Gasteiger partial charge on any atom is 0.0992 e. The van der Waals surface area contributed by atoms with Gasteiger partial charge >= 0.3 is 0 Å². The molecule has 0 amide bonds. The van der Waals surface area contributed by atoms with E-state index in [4.69, 9.17) is 0 Å². The van der Waals surface area contributed by atoms with Crippen molar-refractivity contribution in [3.8, 4) is 45.1 Å². The largest absolute Gasteiger partial charge is 0.310 e. The number of nitriles is 1. The molecule has 3 nitrogen and oxygen atoms in total. The van der Waals surface area contributed by atoms with E-state index in [1.165, 1.54) is 38.8 Å². The molecule has 0 unspecified atom stereocenters. The van der Waals surface area contributed by atoms with E-state index in [1.54, 1.807) is 0 Å². The van der Waals surface area contributed by atoms with Crippen molar-refractivity contribution in [1.82, 2.24) is 4.57 Å². The average molecular weight is 704 g/mol. The second kappa shape index (κ2) is 12.8. The highest BCUT2D eigenvalue weighted by Crippen LogP contribution is 2.50. The molecule has 0 radical (unpaired) electrons. The summed E-state index contributed by atoms with van der Waals surface area (Å²) in [7, 11) is 0. The number of para-hydroxylation sites is 1. The zero-order chi connectivity index (χ0) is 37.1. The van der Waals surface area contributed by atoms with Crippen molar-refractivity contribution >= 4 is 38.9 Å². The summed E-state index contributed by atoms with van der Waals surface area (Å²) >= 11 is 0. The molecule has 3 heteroatoms. The van der Waals surface area contributed by atoms with E-state index in [0.29, 0.717) is 5.56 Å². The van der Waals surface area contributed by atoms with Gasteiger partial charge < -0.3 is 9.47 Å². The number of nitrogens with zero attached hydrogens (tertiary/aromatic N) is 3. The third-order valence-corrected chi connectivity index (χ3v) is 11.4. The summed E-state index contributed by atoms with van der Waals surface area (Å²) in [5.74, 6) is 0. The molecule has 1 aliphatic rings. The lowest BCUT2D eigenvalue weighted by Crippen LogP contribution is -2.15. The van der Waals surface area contributed by atoms with Gasteiger partial charge in [-0.1, -0.05) is 141 Å². The molecule has 9 aromatic rings. The molecular weight excluding hydrogens is 667 g/mol. The molecule has 0 N–H and O–H groups in total. The van der Waals surface area contributed by atoms with Crippen LogP contribution in [-0.2, 0) is 5.41 Å². The first-order chi connectivity index (χ1) is 27.0. The smallest absolute Gasteiger partial charge is 0.0992 e. The van der Waals surface area contributed by atoms with Crippen LogP contribution in [0.25, 0.3) is 60.9 Å². The number of aromatic nitrogens is 1. The number of benzene rings is 8. The molecule has 10 rings (SSSR count). The standard InChI is InChI=1S/C52H37N3/c1-52(2)46-18-8-6-16-43(46)44-31-30-42(33-47(44)52)55-48-19-9-7-17-45(48)51-49(20-11-21-50(51)55)54(41-15-10-12-35(32-41)34-53)40-28-26-39(27-29-40)38-24-22-37(23-25-38)36-13-4-3-5-14-36/h3-33H,1-2H3. The minimum atomic E-state index is -0.107. The highest BCUT2D eigenvalue weighted by Gasteiger charge is 2.35.